The Kier molecular flexibility index (Phi) is 4.88. The van der Waals surface area contributed by atoms with Gasteiger partial charge in [-0.05, 0) is 28.1 Å². The van der Waals surface area contributed by atoms with E-state index in [0.29, 0.717) is 10.3 Å². The van der Waals surface area contributed by atoms with Crippen molar-refractivity contribution in [3.05, 3.63) is 22.9 Å². The van der Waals surface area contributed by atoms with Crippen LogP contribution in [0.5, 0.6) is 0 Å². The Morgan fingerprint density at radius 1 is 1.53 bits per heavy atom. The first-order chi connectivity index (χ1) is 7.88. The summed E-state index contributed by atoms with van der Waals surface area (Å²) in [6.07, 6.45) is -2.94. The van der Waals surface area contributed by atoms with Gasteiger partial charge in [0.15, 0.2) is 0 Å². The minimum absolute atomic E-state index is 0.369. The molecule has 1 rings (SSSR count). The summed E-state index contributed by atoms with van der Waals surface area (Å²) in [5.41, 5.74) is 0.369. The number of hydrogen-bond donors (Lipinski definition) is 1. The van der Waals surface area contributed by atoms with Gasteiger partial charge in [0, 0.05) is 6.20 Å². The molecule has 1 N–H and O–H groups in total. The summed E-state index contributed by atoms with van der Waals surface area (Å²) in [4.78, 5) is 15.0. The highest BCUT2D eigenvalue weighted by Crippen LogP contribution is 2.18. The van der Waals surface area contributed by atoms with Crippen molar-refractivity contribution >= 4 is 27.5 Å². The molecule has 0 aliphatic rings. The number of carbonyl (C=O) groups excluding carboxylic acids is 1. The molecule has 17 heavy (non-hydrogen) atoms. The van der Waals surface area contributed by atoms with Crippen molar-refractivity contribution in [3.8, 4) is 0 Å². The van der Waals surface area contributed by atoms with Gasteiger partial charge in [-0.3, -0.25) is 4.79 Å². The number of carbonyl (C=O) groups is 1. The molecule has 0 saturated carbocycles. The quantitative estimate of drug-likeness (QED) is 0.868. The zero-order chi connectivity index (χ0) is 12.9. The van der Waals surface area contributed by atoms with Crippen LogP contribution < -0.4 is 5.32 Å². The summed E-state index contributed by atoms with van der Waals surface area (Å²) in [7, 11) is 0. The molecule has 0 spiro atoms. The summed E-state index contributed by atoms with van der Waals surface area (Å²) in [6, 6.07) is 3.13. The molecule has 0 saturated heterocycles. The zero-order valence-corrected chi connectivity index (χ0v) is 10.0. The Balaban J connectivity index is 2.38. The molecule has 4 nitrogen and oxygen atoms in total. The second-order valence-electron chi connectivity index (χ2n) is 3.00. The molecule has 0 atom stereocenters. The molecule has 1 heterocycles. The Labute approximate surface area is 103 Å². The number of alkyl halides is 3. The smallest absolute Gasteiger partial charge is 0.362 e. The maximum Gasteiger partial charge on any atom is 0.411 e. The normalized spacial score (nSPS) is 11.3. The van der Waals surface area contributed by atoms with Crippen LogP contribution in [0.1, 0.15) is 0 Å². The SMILES string of the molecule is O=C(COCC(F)(F)F)Nc1cccnc1Br. The van der Waals surface area contributed by atoms with Gasteiger partial charge in [-0.1, -0.05) is 0 Å². The van der Waals surface area contributed by atoms with E-state index in [1.165, 1.54) is 6.20 Å². The number of pyridine rings is 1. The number of hydrogen-bond acceptors (Lipinski definition) is 3. The van der Waals surface area contributed by atoms with Gasteiger partial charge in [-0.25, -0.2) is 4.98 Å². The van der Waals surface area contributed by atoms with Crippen LogP contribution in [0, 0.1) is 0 Å². The van der Waals surface area contributed by atoms with Crippen LogP contribution in [0.25, 0.3) is 0 Å². The Bertz CT molecular complexity index is 398. The van der Waals surface area contributed by atoms with E-state index in [2.05, 4.69) is 31.0 Å². The number of rotatable bonds is 4. The lowest BCUT2D eigenvalue weighted by Crippen LogP contribution is -2.24. The number of nitrogens with zero attached hydrogens (tertiary/aromatic N) is 1. The van der Waals surface area contributed by atoms with Crippen LogP contribution in [0.3, 0.4) is 0 Å². The summed E-state index contributed by atoms with van der Waals surface area (Å²) < 4.78 is 39.8. The maximum atomic E-state index is 11.7. The predicted molar refractivity (Wildman–Crippen MR) is 57.4 cm³/mol. The van der Waals surface area contributed by atoms with Crippen molar-refractivity contribution in [1.29, 1.82) is 0 Å². The molecule has 0 aliphatic carbocycles. The number of anilines is 1. The van der Waals surface area contributed by atoms with Gasteiger partial charge in [0.1, 0.15) is 17.8 Å². The highest BCUT2D eigenvalue weighted by molar-refractivity contribution is 9.10. The second-order valence-corrected chi connectivity index (χ2v) is 3.75. The van der Waals surface area contributed by atoms with E-state index in [0.717, 1.165) is 0 Å². The standard InChI is InChI=1S/C9H8BrF3N2O2/c10-8-6(2-1-3-14-8)15-7(16)4-17-5-9(11,12)13/h1-3H,4-5H2,(H,15,16). The number of ether oxygens (including phenoxy) is 1. The molecule has 94 valence electrons. The number of nitrogens with one attached hydrogen (secondary N) is 1. The van der Waals surface area contributed by atoms with E-state index in [-0.39, 0.29) is 0 Å². The van der Waals surface area contributed by atoms with Crippen LogP contribution in [0.4, 0.5) is 18.9 Å². The van der Waals surface area contributed by atoms with Gasteiger partial charge >= 0.3 is 6.18 Å². The largest absolute Gasteiger partial charge is 0.411 e. The third-order valence-corrected chi connectivity index (χ3v) is 2.16. The lowest BCUT2D eigenvalue weighted by atomic mass is 10.4. The molecule has 0 bridgehead atoms. The second kappa shape index (κ2) is 5.97. The van der Waals surface area contributed by atoms with Crippen molar-refractivity contribution in [2.75, 3.05) is 18.5 Å². The van der Waals surface area contributed by atoms with Crippen LogP contribution in [-0.4, -0.2) is 30.3 Å². The highest BCUT2D eigenvalue weighted by Gasteiger charge is 2.27. The highest BCUT2D eigenvalue weighted by atomic mass is 79.9. The van der Waals surface area contributed by atoms with E-state index < -0.39 is 25.3 Å². The van der Waals surface area contributed by atoms with E-state index in [1.807, 2.05) is 0 Å². The first-order valence-corrected chi connectivity index (χ1v) is 5.22. The van der Waals surface area contributed by atoms with Crippen LogP contribution >= 0.6 is 15.9 Å². The average Bonchev–Trinajstić information content (AvgIpc) is 2.19. The molecule has 8 heteroatoms. The molecule has 0 radical (unpaired) electrons. The molecule has 1 amide bonds. The summed E-state index contributed by atoms with van der Waals surface area (Å²) >= 11 is 3.08. The third-order valence-electron chi connectivity index (χ3n) is 1.53. The maximum absolute atomic E-state index is 11.7. The lowest BCUT2D eigenvalue weighted by molar-refractivity contribution is -0.174. The zero-order valence-electron chi connectivity index (χ0n) is 8.42. The number of halogens is 4. The molecular formula is C9H8BrF3N2O2. The summed E-state index contributed by atoms with van der Waals surface area (Å²) in [5, 5.41) is 2.36. The molecule has 0 fully saturated rings. The summed E-state index contributed by atoms with van der Waals surface area (Å²) in [6.45, 7) is -2.12. The Morgan fingerprint density at radius 2 is 2.24 bits per heavy atom. The lowest BCUT2D eigenvalue weighted by Gasteiger charge is -2.08. The van der Waals surface area contributed by atoms with E-state index >= 15 is 0 Å². The average molecular weight is 313 g/mol. The minimum atomic E-state index is -4.44. The van der Waals surface area contributed by atoms with Crippen LogP contribution in [-0.2, 0) is 9.53 Å². The van der Waals surface area contributed by atoms with Crippen LogP contribution in [0.2, 0.25) is 0 Å². The Hall–Kier alpha value is -1.15. The van der Waals surface area contributed by atoms with Crippen LogP contribution in [0.15, 0.2) is 22.9 Å². The van der Waals surface area contributed by atoms with Gasteiger partial charge in [0.2, 0.25) is 5.91 Å². The molecule has 1 aromatic heterocycles. The van der Waals surface area contributed by atoms with Crippen molar-refractivity contribution in [1.82, 2.24) is 4.98 Å². The topological polar surface area (TPSA) is 51.2 Å². The van der Waals surface area contributed by atoms with Gasteiger partial charge in [-0.2, -0.15) is 13.2 Å². The van der Waals surface area contributed by atoms with E-state index in [4.69, 9.17) is 0 Å². The van der Waals surface area contributed by atoms with Crippen molar-refractivity contribution in [2.24, 2.45) is 0 Å². The fraction of sp³-hybridized carbons (Fsp3) is 0.333. The molecule has 0 aliphatic heterocycles. The number of aromatic nitrogens is 1. The van der Waals surface area contributed by atoms with Gasteiger partial charge in [0.25, 0.3) is 0 Å². The first kappa shape index (κ1) is 13.9. The molecular weight excluding hydrogens is 305 g/mol. The van der Waals surface area contributed by atoms with Gasteiger partial charge < -0.3 is 10.1 Å². The van der Waals surface area contributed by atoms with Gasteiger partial charge in [-0.15, -0.1) is 0 Å². The van der Waals surface area contributed by atoms with E-state index in [1.54, 1.807) is 12.1 Å². The van der Waals surface area contributed by atoms with Crippen molar-refractivity contribution in [3.63, 3.8) is 0 Å². The Morgan fingerprint density at radius 3 is 2.82 bits per heavy atom. The molecule has 1 aromatic rings. The van der Waals surface area contributed by atoms with Crippen molar-refractivity contribution < 1.29 is 22.7 Å². The minimum Gasteiger partial charge on any atom is -0.362 e. The number of amides is 1. The van der Waals surface area contributed by atoms with Gasteiger partial charge in [0.05, 0.1) is 5.69 Å². The third kappa shape index (κ3) is 5.64. The molecule has 0 unspecified atom stereocenters. The molecule has 0 aromatic carbocycles. The first-order valence-electron chi connectivity index (χ1n) is 4.43. The monoisotopic (exact) mass is 312 g/mol. The van der Waals surface area contributed by atoms with Crippen molar-refractivity contribution in [2.45, 2.75) is 6.18 Å². The fourth-order valence-electron chi connectivity index (χ4n) is 0.925. The van der Waals surface area contributed by atoms with E-state index in [9.17, 15) is 18.0 Å². The fourth-order valence-corrected chi connectivity index (χ4v) is 1.27. The predicted octanol–water partition coefficient (Wildman–Crippen LogP) is 2.36. The summed E-state index contributed by atoms with van der Waals surface area (Å²) in [5.74, 6) is -0.678.